The summed E-state index contributed by atoms with van der Waals surface area (Å²) in [5.74, 6) is -1.53. The zero-order valence-electron chi connectivity index (χ0n) is 25.3. The normalized spacial score (nSPS) is 12.9. The predicted molar refractivity (Wildman–Crippen MR) is 181 cm³/mol. The first kappa shape index (κ1) is 33.8. The fourth-order valence-corrected chi connectivity index (χ4v) is 5.17. The maximum absolute atomic E-state index is 13.8. The standard InChI is InChI=1S/C36H36ClFN2O4S/c1-36(2,3)19-18-24-4-8-27(9-5-24)32(22-25-6-10-28(11-7-25)34(41)39-20-21-45(43)44)35(42)40-30-15-12-26(13-16-30)31-17-14-29(38)23-33(31)37/h4-19,23,32H,20-22H2,1-3H3,(H,39,41)(H,40,42)(H,43,44)/b19-18+. The van der Waals surface area contributed by atoms with Gasteiger partial charge < -0.3 is 15.2 Å². The Morgan fingerprint density at radius 3 is 2.22 bits per heavy atom. The molecule has 3 N–H and O–H groups in total. The van der Waals surface area contributed by atoms with Gasteiger partial charge in [0.1, 0.15) is 5.82 Å². The van der Waals surface area contributed by atoms with E-state index in [0.717, 1.165) is 22.3 Å². The van der Waals surface area contributed by atoms with Gasteiger partial charge in [-0.3, -0.25) is 9.59 Å². The summed E-state index contributed by atoms with van der Waals surface area (Å²) in [4.78, 5) is 26.2. The molecule has 0 saturated heterocycles. The topological polar surface area (TPSA) is 95.5 Å². The molecule has 9 heteroatoms. The second-order valence-electron chi connectivity index (χ2n) is 11.8. The summed E-state index contributed by atoms with van der Waals surface area (Å²) in [5.41, 5.74) is 5.28. The maximum atomic E-state index is 13.8. The Bertz CT molecular complexity index is 1680. The Morgan fingerprint density at radius 1 is 0.956 bits per heavy atom. The van der Waals surface area contributed by atoms with Crippen LogP contribution in [0.1, 0.15) is 53.7 Å². The molecular formula is C36H36ClFN2O4S. The lowest BCUT2D eigenvalue weighted by Crippen LogP contribution is -2.27. The van der Waals surface area contributed by atoms with E-state index in [2.05, 4.69) is 43.6 Å². The zero-order valence-corrected chi connectivity index (χ0v) is 26.9. The van der Waals surface area contributed by atoms with E-state index in [1.807, 2.05) is 36.4 Å². The third-order valence-corrected chi connectivity index (χ3v) is 7.91. The van der Waals surface area contributed by atoms with Crippen LogP contribution in [-0.4, -0.2) is 32.9 Å². The molecule has 4 aromatic rings. The van der Waals surface area contributed by atoms with Gasteiger partial charge in [-0.05, 0) is 76.6 Å². The number of hydrogen-bond donors (Lipinski definition) is 3. The smallest absolute Gasteiger partial charge is 0.251 e. The molecule has 0 fully saturated rings. The third-order valence-electron chi connectivity index (χ3n) is 7.04. The first-order valence-corrected chi connectivity index (χ1v) is 16.1. The van der Waals surface area contributed by atoms with E-state index in [1.54, 1.807) is 42.5 Å². The summed E-state index contributed by atoms with van der Waals surface area (Å²) < 4.78 is 33.3. The second-order valence-corrected chi connectivity index (χ2v) is 13.3. The highest BCUT2D eigenvalue weighted by atomic mass is 35.5. The Labute approximate surface area is 271 Å². The van der Waals surface area contributed by atoms with Crippen LogP contribution < -0.4 is 10.6 Å². The van der Waals surface area contributed by atoms with Gasteiger partial charge in [0.25, 0.3) is 5.91 Å². The van der Waals surface area contributed by atoms with Gasteiger partial charge in [-0.15, -0.1) is 0 Å². The van der Waals surface area contributed by atoms with Gasteiger partial charge in [0, 0.05) is 23.4 Å². The molecule has 4 rings (SSSR count). The lowest BCUT2D eigenvalue weighted by atomic mass is 9.89. The van der Waals surface area contributed by atoms with Crippen LogP contribution in [0.2, 0.25) is 5.02 Å². The number of carbonyl (C=O) groups is 2. The van der Waals surface area contributed by atoms with Crippen molar-refractivity contribution in [3.05, 3.63) is 130 Å². The average molecular weight is 647 g/mol. The fourth-order valence-electron chi connectivity index (χ4n) is 4.62. The Morgan fingerprint density at radius 2 is 1.62 bits per heavy atom. The number of halogens is 2. The molecule has 4 aromatic carbocycles. The van der Waals surface area contributed by atoms with E-state index >= 15 is 0 Å². The van der Waals surface area contributed by atoms with Gasteiger partial charge in [0.15, 0.2) is 11.1 Å². The summed E-state index contributed by atoms with van der Waals surface area (Å²) in [6.45, 7) is 6.48. The van der Waals surface area contributed by atoms with Crippen LogP contribution in [-0.2, 0) is 22.3 Å². The van der Waals surface area contributed by atoms with E-state index in [-0.39, 0.29) is 29.5 Å². The molecule has 6 nitrogen and oxygen atoms in total. The van der Waals surface area contributed by atoms with Crippen LogP contribution in [0.4, 0.5) is 10.1 Å². The first-order valence-electron chi connectivity index (χ1n) is 14.5. The highest BCUT2D eigenvalue weighted by Crippen LogP contribution is 2.30. The molecule has 0 radical (unpaired) electrons. The SMILES string of the molecule is CC(C)(C)/C=C/c1ccc(C(Cc2ccc(C(=O)NCCS(=O)O)cc2)C(=O)Nc2ccc(-c3ccc(F)cc3Cl)cc2)cc1. The number of nitrogens with one attached hydrogen (secondary N) is 2. The van der Waals surface area contributed by atoms with Crippen LogP contribution in [0.5, 0.6) is 0 Å². The molecule has 0 aliphatic rings. The summed E-state index contributed by atoms with van der Waals surface area (Å²) in [6, 6.07) is 26.3. The van der Waals surface area contributed by atoms with Crippen molar-refractivity contribution in [2.24, 2.45) is 5.41 Å². The zero-order chi connectivity index (χ0) is 32.6. The minimum Gasteiger partial charge on any atom is -0.351 e. The molecule has 45 heavy (non-hydrogen) atoms. The largest absolute Gasteiger partial charge is 0.351 e. The van der Waals surface area contributed by atoms with E-state index in [4.69, 9.17) is 16.2 Å². The van der Waals surface area contributed by atoms with Gasteiger partial charge in [-0.1, -0.05) is 93.1 Å². The van der Waals surface area contributed by atoms with Crippen molar-refractivity contribution in [1.29, 1.82) is 0 Å². The molecule has 0 spiro atoms. The van der Waals surface area contributed by atoms with Gasteiger partial charge in [-0.2, -0.15) is 0 Å². The van der Waals surface area contributed by atoms with Crippen molar-refractivity contribution in [3.63, 3.8) is 0 Å². The minimum atomic E-state index is -1.98. The predicted octanol–water partition coefficient (Wildman–Crippen LogP) is 8.12. The van der Waals surface area contributed by atoms with Gasteiger partial charge in [-0.25, -0.2) is 8.60 Å². The molecule has 0 heterocycles. The number of hydrogen-bond acceptors (Lipinski definition) is 3. The molecule has 2 unspecified atom stereocenters. The van der Waals surface area contributed by atoms with Crippen LogP contribution >= 0.6 is 11.6 Å². The molecule has 2 amide bonds. The summed E-state index contributed by atoms with van der Waals surface area (Å²) in [6.07, 6.45) is 4.59. The number of rotatable bonds is 11. The highest BCUT2D eigenvalue weighted by molar-refractivity contribution is 7.79. The lowest BCUT2D eigenvalue weighted by Gasteiger charge is -2.19. The van der Waals surface area contributed by atoms with Crippen molar-refractivity contribution in [2.75, 3.05) is 17.6 Å². The van der Waals surface area contributed by atoms with E-state index in [9.17, 15) is 18.2 Å². The minimum absolute atomic E-state index is 0.0411. The first-order chi connectivity index (χ1) is 21.4. The van der Waals surface area contributed by atoms with Gasteiger partial charge >= 0.3 is 0 Å². The maximum Gasteiger partial charge on any atom is 0.251 e. The Kier molecular flexibility index (Phi) is 11.4. The number of allylic oxidation sites excluding steroid dienone is 1. The number of anilines is 1. The van der Waals surface area contributed by atoms with Crippen molar-refractivity contribution >= 4 is 46.3 Å². The Hall–Kier alpha value is -4.11. The van der Waals surface area contributed by atoms with Crippen LogP contribution in [0.3, 0.4) is 0 Å². The molecule has 0 saturated carbocycles. The van der Waals surface area contributed by atoms with Crippen LogP contribution in [0, 0.1) is 11.2 Å². The molecule has 0 bridgehead atoms. The van der Waals surface area contributed by atoms with Crippen LogP contribution in [0.25, 0.3) is 17.2 Å². The van der Waals surface area contributed by atoms with E-state index in [1.165, 1.54) is 12.1 Å². The average Bonchev–Trinajstić information content (AvgIpc) is 2.99. The molecule has 234 valence electrons. The fraction of sp³-hybridized carbons (Fsp3) is 0.222. The summed E-state index contributed by atoms with van der Waals surface area (Å²) >= 11 is 4.25. The second kappa shape index (κ2) is 15.3. The lowest BCUT2D eigenvalue weighted by molar-refractivity contribution is -0.117. The van der Waals surface area contributed by atoms with E-state index < -0.39 is 22.8 Å². The van der Waals surface area contributed by atoms with Crippen molar-refractivity contribution in [2.45, 2.75) is 33.1 Å². The van der Waals surface area contributed by atoms with Crippen molar-refractivity contribution in [3.8, 4) is 11.1 Å². The molecule has 0 aliphatic heterocycles. The number of carbonyl (C=O) groups excluding carboxylic acids is 2. The summed E-state index contributed by atoms with van der Waals surface area (Å²) in [7, 11) is 0. The Balaban J connectivity index is 1.54. The van der Waals surface area contributed by atoms with Crippen LogP contribution in [0.15, 0.2) is 97.1 Å². The quantitative estimate of drug-likeness (QED) is 0.143. The molecule has 0 aromatic heterocycles. The molecule has 0 aliphatic carbocycles. The van der Waals surface area contributed by atoms with Crippen molar-refractivity contribution in [1.82, 2.24) is 5.32 Å². The molecular weight excluding hydrogens is 611 g/mol. The number of amides is 2. The number of benzene rings is 4. The van der Waals surface area contributed by atoms with Crippen molar-refractivity contribution < 1.29 is 22.7 Å². The van der Waals surface area contributed by atoms with E-state index in [0.29, 0.717) is 28.3 Å². The molecule has 2 atom stereocenters. The highest BCUT2D eigenvalue weighted by Gasteiger charge is 2.22. The third kappa shape index (κ3) is 10.2. The van der Waals surface area contributed by atoms with Gasteiger partial charge in [0.2, 0.25) is 5.91 Å². The van der Waals surface area contributed by atoms with Gasteiger partial charge in [0.05, 0.1) is 16.7 Å². The monoisotopic (exact) mass is 646 g/mol. The summed E-state index contributed by atoms with van der Waals surface area (Å²) in [5, 5.41) is 5.95.